The Morgan fingerprint density at radius 3 is 2.60 bits per heavy atom. The number of benzene rings is 2. The Kier molecular flexibility index (Phi) is 4.16. The van der Waals surface area contributed by atoms with E-state index in [0.29, 0.717) is 16.9 Å². The first-order valence-corrected chi connectivity index (χ1v) is 6.46. The van der Waals surface area contributed by atoms with Crippen molar-refractivity contribution in [2.75, 3.05) is 11.1 Å². The van der Waals surface area contributed by atoms with Gasteiger partial charge in [0, 0.05) is 11.4 Å². The molecule has 0 fully saturated rings. The quantitative estimate of drug-likeness (QED) is 0.813. The number of carbonyl (C=O) groups excluding carboxylic acids is 1. The van der Waals surface area contributed by atoms with Crippen LogP contribution in [-0.4, -0.2) is 5.91 Å². The number of aryl methyl sites for hydroxylation is 1. The van der Waals surface area contributed by atoms with Crippen molar-refractivity contribution in [3.63, 3.8) is 0 Å². The number of nitrogen functional groups attached to an aromatic ring is 1. The molecule has 1 amide bonds. The van der Waals surface area contributed by atoms with E-state index in [4.69, 9.17) is 28.9 Å². The van der Waals surface area contributed by atoms with Crippen LogP contribution in [0.4, 0.5) is 15.8 Å². The minimum atomic E-state index is -0.463. The smallest absolute Gasteiger partial charge is 0.257 e. The molecule has 0 spiro atoms. The summed E-state index contributed by atoms with van der Waals surface area (Å²) in [6.45, 7) is 1.61. The Bertz CT molecular complexity index is 689. The van der Waals surface area contributed by atoms with Crippen LogP contribution in [0.1, 0.15) is 15.9 Å². The van der Waals surface area contributed by atoms with Crippen molar-refractivity contribution in [2.45, 2.75) is 6.92 Å². The third-order valence-electron chi connectivity index (χ3n) is 2.71. The average Bonchev–Trinajstić information content (AvgIpc) is 2.38. The van der Waals surface area contributed by atoms with Crippen LogP contribution in [0, 0.1) is 12.7 Å². The molecule has 2 aromatic rings. The lowest BCUT2D eigenvalue weighted by Gasteiger charge is -2.09. The minimum Gasteiger partial charge on any atom is -0.399 e. The highest BCUT2D eigenvalue weighted by Crippen LogP contribution is 2.29. The zero-order valence-electron chi connectivity index (χ0n) is 10.5. The van der Waals surface area contributed by atoms with Gasteiger partial charge >= 0.3 is 0 Å². The molecule has 0 aliphatic carbocycles. The lowest BCUT2D eigenvalue weighted by atomic mass is 10.1. The van der Waals surface area contributed by atoms with E-state index in [0.717, 1.165) is 0 Å². The highest BCUT2D eigenvalue weighted by Gasteiger charge is 2.14. The molecule has 3 nitrogen and oxygen atoms in total. The van der Waals surface area contributed by atoms with Gasteiger partial charge in [0.25, 0.3) is 5.91 Å². The topological polar surface area (TPSA) is 55.1 Å². The van der Waals surface area contributed by atoms with Crippen LogP contribution in [0.15, 0.2) is 30.3 Å². The van der Waals surface area contributed by atoms with E-state index < -0.39 is 5.91 Å². The van der Waals surface area contributed by atoms with Crippen LogP contribution in [0.3, 0.4) is 0 Å². The zero-order chi connectivity index (χ0) is 14.9. The van der Waals surface area contributed by atoms with Crippen LogP contribution < -0.4 is 11.1 Å². The first-order valence-electron chi connectivity index (χ1n) is 5.70. The Balaban J connectivity index is 2.30. The van der Waals surface area contributed by atoms with Crippen LogP contribution in [0.2, 0.25) is 10.0 Å². The number of nitrogens with two attached hydrogens (primary N) is 1. The number of amides is 1. The summed E-state index contributed by atoms with van der Waals surface area (Å²) in [5, 5.41) is 2.94. The van der Waals surface area contributed by atoms with Gasteiger partial charge in [-0.25, -0.2) is 4.39 Å². The zero-order valence-corrected chi connectivity index (χ0v) is 12.0. The van der Waals surface area contributed by atoms with Gasteiger partial charge in [0.05, 0.1) is 15.6 Å². The summed E-state index contributed by atoms with van der Waals surface area (Å²) < 4.78 is 13.2. The second-order valence-electron chi connectivity index (χ2n) is 4.28. The van der Waals surface area contributed by atoms with Crippen molar-refractivity contribution in [3.05, 3.63) is 57.3 Å². The van der Waals surface area contributed by atoms with Gasteiger partial charge < -0.3 is 11.1 Å². The fraction of sp³-hybridized carbons (Fsp3) is 0.0714. The molecule has 0 atom stereocenters. The maximum atomic E-state index is 13.2. The van der Waals surface area contributed by atoms with E-state index in [1.807, 2.05) is 0 Å². The highest BCUT2D eigenvalue weighted by molar-refractivity contribution is 6.44. The third-order valence-corrected chi connectivity index (χ3v) is 3.51. The predicted molar refractivity (Wildman–Crippen MR) is 80.0 cm³/mol. The Morgan fingerprint density at radius 1 is 1.25 bits per heavy atom. The summed E-state index contributed by atoms with van der Waals surface area (Å²) in [7, 11) is 0. The summed E-state index contributed by atoms with van der Waals surface area (Å²) in [6, 6.07) is 7.15. The molecule has 0 heterocycles. The fourth-order valence-corrected chi connectivity index (χ4v) is 2.12. The summed E-state index contributed by atoms with van der Waals surface area (Å²) in [5.74, 6) is -0.803. The van der Waals surface area contributed by atoms with E-state index in [9.17, 15) is 9.18 Å². The molecular weight excluding hydrogens is 302 g/mol. The SMILES string of the molecule is Cc1cc(NC(=O)c2cc(N)cc(Cl)c2Cl)ccc1F. The molecule has 2 rings (SSSR count). The van der Waals surface area contributed by atoms with Gasteiger partial charge in [0.1, 0.15) is 5.82 Å². The number of hydrogen-bond donors (Lipinski definition) is 2. The van der Waals surface area contributed by atoms with Crippen molar-refractivity contribution in [2.24, 2.45) is 0 Å². The molecular formula is C14H11Cl2FN2O. The van der Waals surface area contributed by atoms with Gasteiger partial charge in [-0.3, -0.25) is 4.79 Å². The molecule has 0 bridgehead atoms. The molecule has 0 radical (unpaired) electrons. The van der Waals surface area contributed by atoms with Gasteiger partial charge in [-0.2, -0.15) is 0 Å². The largest absolute Gasteiger partial charge is 0.399 e. The van der Waals surface area contributed by atoms with Crippen molar-refractivity contribution in [1.82, 2.24) is 0 Å². The second-order valence-corrected chi connectivity index (χ2v) is 5.07. The number of halogens is 3. The fourth-order valence-electron chi connectivity index (χ4n) is 1.70. The highest BCUT2D eigenvalue weighted by atomic mass is 35.5. The van der Waals surface area contributed by atoms with E-state index in [-0.39, 0.29) is 21.4 Å². The maximum Gasteiger partial charge on any atom is 0.257 e. The van der Waals surface area contributed by atoms with Gasteiger partial charge in [-0.1, -0.05) is 23.2 Å². The van der Waals surface area contributed by atoms with Crippen LogP contribution in [-0.2, 0) is 0 Å². The Hall–Kier alpha value is -1.78. The average molecular weight is 313 g/mol. The standard InChI is InChI=1S/C14H11Cl2FN2O/c1-7-4-9(2-3-12(7)17)19-14(20)10-5-8(18)6-11(15)13(10)16/h2-6H,18H2,1H3,(H,19,20). The molecule has 0 aliphatic rings. The molecule has 0 aliphatic heterocycles. The molecule has 2 aromatic carbocycles. The number of rotatable bonds is 2. The number of hydrogen-bond acceptors (Lipinski definition) is 2. The van der Waals surface area contributed by atoms with E-state index in [2.05, 4.69) is 5.32 Å². The van der Waals surface area contributed by atoms with Gasteiger partial charge in [-0.15, -0.1) is 0 Å². The van der Waals surface area contributed by atoms with Gasteiger partial charge in [-0.05, 0) is 42.8 Å². The van der Waals surface area contributed by atoms with Crippen LogP contribution >= 0.6 is 23.2 Å². The number of nitrogens with one attached hydrogen (secondary N) is 1. The van der Waals surface area contributed by atoms with E-state index in [1.165, 1.54) is 30.3 Å². The lowest BCUT2D eigenvalue weighted by molar-refractivity contribution is 0.102. The summed E-state index contributed by atoms with van der Waals surface area (Å²) in [6.07, 6.45) is 0. The van der Waals surface area contributed by atoms with Crippen molar-refractivity contribution in [1.29, 1.82) is 0 Å². The van der Waals surface area contributed by atoms with Crippen LogP contribution in [0.5, 0.6) is 0 Å². The molecule has 0 saturated heterocycles. The molecule has 20 heavy (non-hydrogen) atoms. The monoisotopic (exact) mass is 312 g/mol. The number of carbonyl (C=O) groups is 1. The molecule has 0 aromatic heterocycles. The Morgan fingerprint density at radius 2 is 1.95 bits per heavy atom. The van der Waals surface area contributed by atoms with E-state index >= 15 is 0 Å². The number of anilines is 2. The predicted octanol–water partition coefficient (Wildman–Crippen LogP) is 4.28. The second kappa shape index (κ2) is 5.69. The normalized spacial score (nSPS) is 10.4. The maximum absolute atomic E-state index is 13.2. The first-order chi connectivity index (χ1) is 9.38. The lowest BCUT2D eigenvalue weighted by Crippen LogP contribution is -2.13. The molecule has 0 saturated carbocycles. The Labute approximate surface area is 125 Å². The summed E-state index contributed by atoms with van der Waals surface area (Å²) in [4.78, 5) is 12.1. The van der Waals surface area contributed by atoms with Crippen molar-refractivity contribution in [3.8, 4) is 0 Å². The summed E-state index contributed by atoms with van der Waals surface area (Å²) >= 11 is 11.8. The van der Waals surface area contributed by atoms with Crippen molar-refractivity contribution < 1.29 is 9.18 Å². The van der Waals surface area contributed by atoms with Gasteiger partial charge in [0.2, 0.25) is 0 Å². The van der Waals surface area contributed by atoms with Crippen LogP contribution in [0.25, 0.3) is 0 Å². The van der Waals surface area contributed by atoms with Crippen molar-refractivity contribution >= 4 is 40.5 Å². The molecule has 6 heteroatoms. The molecule has 0 unspecified atom stereocenters. The van der Waals surface area contributed by atoms with E-state index in [1.54, 1.807) is 6.92 Å². The molecule has 104 valence electrons. The first kappa shape index (κ1) is 14.6. The van der Waals surface area contributed by atoms with Gasteiger partial charge in [0.15, 0.2) is 0 Å². The minimum absolute atomic E-state index is 0.122. The summed E-state index contributed by atoms with van der Waals surface area (Å²) in [5.41, 5.74) is 7.02. The third kappa shape index (κ3) is 3.03. The molecule has 3 N–H and O–H groups in total.